The maximum Gasteiger partial charge on any atom is 0.248 e. The molecule has 29 heavy (non-hydrogen) atoms. The van der Waals surface area contributed by atoms with Gasteiger partial charge in [-0.1, -0.05) is 18.2 Å². The second kappa shape index (κ2) is 7.59. The van der Waals surface area contributed by atoms with E-state index in [1.165, 1.54) is 12.1 Å². The number of nitrogens with two attached hydrogens (primary N) is 1. The first-order valence-corrected chi connectivity index (χ1v) is 8.96. The number of rotatable bonds is 5. The molecule has 0 fully saturated rings. The Morgan fingerprint density at radius 2 is 1.66 bits per heavy atom. The van der Waals surface area contributed by atoms with Gasteiger partial charge in [-0.15, -0.1) is 0 Å². The summed E-state index contributed by atoms with van der Waals surface area (Å²) in [6.45, 7) is 0. The number of carbonyl (C=O) groups excluding carboxylic acids is 1. The van der Waals surface area contributed by atoms with Gasteiger partial charge in [-0.05, 0) is 54.6 Å². The lowest BCUT2D eigenvalue weighted by Gasteiger charge is -2.09. The average molecular weight is 387 g/mol. The fraction of sp³-hybridized carbons (Fsp3) is 0.0435. The van der Waals surface area contributed by atoms with Crippen LogP contribution in [0.1, 0.15) is 10.4 Å². The first-order valence-electron chi connectivity index (χ1n) is 8.96. The Hall–Kier alpha value is -3.93. The van der Waals surface area contributed by atoms with Gasteiger partial charge in [0, 0.05) is 22.8 Å². The summed E-state index contributed by atoms with van der Waals surface area (Å²) in [5.41, 5.74) is 9.72. The predicted octanol–water partition coefficient (Wildman–Crippen LogP) is 4.45. The van der Waals surface area contributed by atoms with Crippen molar-refractivity contribution in [1.82, 2.24) is 9.78 Å². The number of nitrogens with zero attached hydrogens (tertiary/aromatic N) is 2. The van der Waals surface area contributed by atoms with E-state index in [1.807, 2.05) is 30.3 Å². The zero-order chi connectivity index (χ0) is 20.4. The Kier molecular flexibility index (Phi) is 4.83. The van der Waals surface area contributed by atoms with Crippen molar-refractivity contribution in [3.63, 3.8) is 0 Å². The van der Waals surface area contributed by atoms with Crippen molar-refractivity contribution in [2.75, 3.05) is 7.11 Å². The molecular formula is C23H18FN3O2. The molecule has 1 aromatic heterocycles. The number of aromatic nitrogens is 2. The summed E-state index contributed by atoms with van der Waals surface area (Å²) in [6, 6.07) is 22.6. The number of carbonyl (C=O) groups is 1. The SMILES string of the molecule is COc1cccc(-n2nc(-c3ccc(C(N)=O)cc3)cc2-c2ccc(F)cc2)c1. The summed E-state index contributed by atoms with van der Waals surface area (Å²) >= 11 is 0. The molecule has 0 atom stereocenters. The van der Waals surface area contributed by atoms with Gasteiger partial charge >= 0.3 is 0 Å². The summed E-state index contributed by atoms with van der Waals surface area (Å²) in [6.07, 6.45) is 0. The minimum Gasteiger partial charge on any atom is -0.497 e. The fourth-order valence-corrected chi connectivity index (χ4v) is 3.09. The topological polar surface area (TPSA) is 70.1 Å². The number of benzene rings is 3. The van der Waals surface area contributed by atoms with Crippen LogP contribution in [0.2, 0.25) is 0 Å². The number of methoxy groups -OCH3 is 1. The normalized spacial score (nSPS) is 10.7. The molecule has 0 unspecified atom stereocenters. The second-order valence-electron chi connectivity index (χ2n) is 6.48. The van der Waals surface area contributed by atoms with Crippen LogP contribution in [0.5, 0.6) is 5.75 Å². The first kappa shape index (κ1) is 18.4. The Morgan fingerprint density at radius 3 is 2.31 bits per heavy atom. The third kappa shape index (κ3) is 3.73. The molecule has 1 heterocycles. The van der Waals surface area contributed by atoms with E-state index < -0.39 is 5.91 Å². The Bertz CT molecular complexity index is 1170. The molecule has 0 saturated heterocycles. The molecule has 144 valence electrons. The van der Waals surface area contributed by atoms with Crippen molar-refractivity contribution >= 4 is 5.91 Å². The van der Waals surface area contributed by atoms with Crippen LogP contribution in [0.15, 0.2) is 78.9 Å². The lowest BCUT2D eigenvalue weighted by atomic mass is 10.1. The molecule has 4 rings (SSSR count). The third-order valence-electron chi connectivity index (χ3n) is 4.61. The smallest absolute Gasteiger partial charge is 0.248 e. The van der Waals surface area contributed by atoms with Crippen LogP contribution in [0.3, 0.4) is 0 Å². The molecule has 2 N–H and O–H groups in total. The molecule has 0 aliphatic rings. The number of primary amides is 1. The van der Waals surface area contributed by atoms with Crippen LogP contribution >= 0.6 is 0 Å². The number of hydrogen-bond acceptors (Lipinski definition) is 3. The van der Waals surface area contributed by atoms with Crippen LogP contribution in [-0.2, 0) is 0 Å². The molecule has 0 aliphatic carbocycles. The highest BCUT2D eigenvalue weighted by atomic mass is 19.1. The van der Waals surface area contributed by atoms with Gasteiger partial charge < -0.3 is 10.5 Å². The third-order valence-corrected chi connectivity index (χ3v) is 4.61. The first-order chi connectivity index (χ1) is 14.0. The highest BCUT2D eigenvalue weighted by Gasteiger charge is 2.14. The quantitative estimate of drug-likeness (QED) is 0.550. The van der Waals surface area contributed by atoms with E-state index in [-0.39, 0.29) is 5.82 Å². The van der Waals surface area contributed by atoms with Crippen LogP contribution in [-0.4, -0.2) is 22.8 Å². The van der Waals surface area contributed by atoms with E-state index in [4.69, 9.17) is 15.6 Å². The Morgan fingerprint density at radius 1 is 0.966 bits per heavy atom. The van der Waals surface area contributed by atoms with Crippen LogP contribution < -0.4 is 10.5 Å². The van der Waals surface area contributed by atoms with Crippen molar-refractivity contribution in [3.8, 4) is 34.0 Å². The van der Waals surface area contributed by atoms with Crippen LogP contribution in [0, 0.1) is 5.82 Å². The van der Waals surface area contributed by atoms with Crippen LogP contribution in [0.25, 0.3) is 28.2 Å². The van der Waals surface area contributed by atoms with Gasteiger partial charge in [0.05, 0.1) is 24.2 Å². The molecule has 0 bridgehead atoms. The van der Waals surface area contributed by atoms with Gasteiger partial charge in [0.15, 0.2) is 0 Å². The lowest BCUT2D eigenvalue weighted by Crippen LogP contribution is -2.10. The number of halogens is 1. The van der Waals surface area contributed by atoms with Crippen molar-refractivity contribution in [2.45, 2.75) is 0 Å². The molecule has 1 amide bonds. The molecule has 0 spiro atoms. The number of ether oxygens (including phenoxy) is 1. The number of hydrogen-bond donors (Lipinski definition) is 1. The summed E-state index contributed by atoms with van der Waals surface area (Å²) in [7, 11) is 1.61. The molecule has 0 radical (unpaired) electrons. The Balaban J connectivity index is 1.86. The minimum absolute atomic E-state index is 0.302. The highest BCUT2D eigenvalue weighted by molar-refractivity contribution is 5.93. The predicted molar refractivity (Wildman–Crippen MR) is 109 cm³/mol. The molecule has 4 aromatic rings. The fourth-order valence-electron chi connectivity index (χ4n) is 3.09. The molecule has 0 aliphatic heterocycles. The molecule has 6 heteroatoms. The Labute approximate surface area is 167 Å². The van der Waals surface area contributed by atoms with Gasteiger partial charge in [0.1, 0.15) is 11.6 Å². The summed E-state index contributed by atoms with van der Waals surface area (Å²) in [4.78, 5) is 11.3. The second-order valence-corrected chi connectivity index (χ2v) is 6.48. The van der Waals surface area contributed by atoms with Crippen LogP contribution in [0.4, 0.5) is 4.39 Å². The molecule has 5 nitrogen and oxygen atoms in total. The summed E-state index contributed by atoms with van der Waals surface area (Å²) < 4.78 is 20.5. The van der Waals surface area contributed by atoms with Crippen molar-refractivity contribution in [1.29, 1.82) is 0 Å². The zero-order valence-electron chi connectivity index (χ0n) is 15.7. The van der Waals surface area contributed by atoms with E-state index in [0.717, 1.165) is 22.5 Å². The van der Waals surface area contributed by atoms with Crippen molar-refractivity contribution in [2.24, 2.45) is 5.73 Å². The van der Waals surface area contributed by atoms with Gasteiger partial charge in [-0.2, -0.15) is 5.10 Å². The molecular weight excluding hydrogens is 369 g/mol. The van der Waals surface area contributed by atoms with E-state index in [0.29, 0.717) is 17.0 Å². The largest absolute Gasteiger partial charge is 0.497 e. The average Bonchev–Trinajstić information content (AvgIpc) is 3.20. The monoisotopic (exact) mass is 387 g/mol. The highest BCUT2D eigenvalue weighted by Crippen LogP contribution is 2.30. The maximum atomic E-state index is 13.4. The minimum atomic E-state index is -0.481. The molecule has 3 aromatic carbocycles. The van der Waals surface area contributed by atoms with E-state index in [9.17, 15) is 9.18 Å². The van der Waals surface area contributed by atoms with Gasteiger partial charge in [0.2, 0.25) is 5.91 Å². The van der Waals surface area contributed by atoms with E-state index in [1.54, 1.807) is 48.2 Å². The van der Waals surface area contributed by atoms with Crippen molar-refractivity contribution in [3.05, 3.63) is 90.2 Å². The van der Waals surface area contributed by atoms with Gasteiger partial charge in [-0.3, -0.25) is 4.79 Å². The maximum absolute atomic E-state index is 13.4. The lowest BCUT2D eigenvalue weighted by molar-refractivity contribution is 0.100. The summed E-state index contributed by atoms with van der Waals surface area (Å²) in [5.74, 6) is -0.0793. The summed E-state index contributed by atoms with van der Waals surface area (Å²) in [5, 5.41) is 4.75. The molecule has 0 saturated carbocycles. The van der Waals surface area contributed by atoms with E-state index in [2.05, 4.69) is 0 Å². The number of amides is 1. The van der Waals surface area contributed by atoms with Gasteiger partial charge in [-0.25, -0.2) is 9.07 Å². The zero-order valence-corrected chi connectivity index (χ0v) is 15.7. The van der Waals surface area contributed by atoms with Crippen molar-refractivity contribution < 1.29 is 13.9 Å². The van der Waals surface area contributed by atoms with Gasteiger partial charge in [0.25, 0.3) is 0 Å². The standard InChI is InChI=1S/C23H18FN3O2/c1-29-20-4-2-3-19(13-20)27-22(16-9-11-18(24)12-10-16)14-21(26-27)15-5-7-17(8-6-15)23(25)28/h2-14H,1H3,(H2,25,28). The van der Waals surface area contributed by atoms with E-state index >= 15 is 0 Å².